The summed E-state index contributed by atoms with van der Waals surface area (Å²) in [5, 5.41) is 11.0. The normalized spacial score (nSPS) is 16.8. The number of nitrogens with zero attached hydrogens (tertiary/aromatic N) is 2. The van der Waals surface area contributed by atoms with Crippen LogP contribution in [0.15, 0.2) is 164 Å². The monoisotopic (exact) mass is 709 g/mol. The molecule has 7 rings (SSSR count). The number of benzene rings is 6. The lowest BCUT2D eigenvalue weighted by Gasteiger charge is -2.41. The van der Waals surface area contributed by atoms with Crippen LogP contribution >= 0.6 is 25.8 Å². The Kier molecular flexibility index (Phi) is 10.6. The Hall–Kier alpha value is -4.91. The van der Waals surface area contributed by atoms with Gasteiger partial charge in [0, 0.05) is 4.60 Å². The van der Waals surface area contributed by atoms with Gasteiger partial charge in [-0.1, -0.05) is 91.0 Å². The van der Waals surface area contributed by atoms with E-state index in [1.54, 1.807) is 27.4 Å². The Bertz CT molecular complexity index is 1920. The highest BCUT2D eigenvalue weighted by molar-refractivity contribution is 7.74. The average molecular weight is 710 g/mol. The third kappa shape index (κ3) is 8.40. The van der Waals surface area contributed by atoms with E-state index in [1.807, 2.05) is 140 Å². The summed E-state index contributed by atoms with van der Waals surface area (Å²) < 4.78 is 29.3. The average Bonchev–Trinajstić information content (AvgIpc) is 3.15. The van der Waals surface area contributed by atoms with E-state index in [-0.39, 0.29) is 26.1 Å². The molecule has 0 saturated carbocycles. The second kappa shape index (κ2) is 16.0. The van der Waals surface area contributed by atoms with Crippen molar-refractivity contribution in [1.82, 2.24) is 14.1 Å². The van der Waals surface area contributed by atoms with Crippen LogP contribution in [0.4, 0.5) is 0 Å². The summed E-state index contributed by atoms with van der Waals surface area (Å²) in [5.74, 6) is 3.30. The van der Waals surface area contributed by atoms with Crippen molar-refractivity contribution in [1.29, 1.82) is 0 Å². The molecule has 1 heterocycles. The van der Waals surface area contributed by atoms with Crippen molar-refractivity contribution in [2.45, 2.75) is 0 Å². The molecular formula is C36H30N3O7P3. The van der Waals surface area contributed by atoms with Crippen molar-refractivity contribution in [3.8, 4) is 51.7 Å². The lowest BCUT2D eigenvalue weighted by atomic mass is 10.2. The lowest BCUT2D eigenvalue weighted by molar-refractivity contribution is 0.0675. The van der Waals surface area contributed by atoms with Crippen molar-refractivity contribution in [3.05, 3.63) is 164 Å². The van der Waals surface area contributed by atoms with Gasteiger partial charge in [-0.3, -0.25) is 0 Å². The largest absolute Gasteiger partial charge is 0.504 e. The predicted molar refractivity (Wildman–Crippen MR) is 192 cm³/mol. The maximum Gasteiger partial charge on any atom is 0.332 e. The van der Waals surface area contributed by atoms with E-state index in [0.29, 0.717) is 34.5 Å². The number of hydrogen-bond acceptors (Lipinski definition) is 10. The fraction of sp³-hybridized carbons (Fsp3) is 0. The van der Waals surface area contributed by atoms with E-state index in [9.17, 15) is 5.11 Å². The van der Waals surface area contributed by atoms with Crippen LogP contribution in [-0.2, 0) is 0 Å². The molecule has 49 heavy (non-hydrogen) atoms. The van der Waals surface area contributed by atoms with Gasteiger partial charge in [0.1, 0.15) is 28.7 Å². The van der Waals surface area contributed by atoms with E-state index >= 15 is 0 Å². The van der Waals surface area contributed by atoms with Crippen molar-refractivity contribution in [2.24, 2.45) is 0 Å². The van der Waals surface area contributed by atoms with E-state index in [0.717, 1.165) is 0 Å². The first-order chi connectivity index (χ1) is 24.2. The van der Waals surface area contributed by atoms with Crippen LogP contribution < -0.4 is 33.1 Å². The van der Waals surface area contributed by atoms with E-state index in [2.05, 4.69) is 4.86 Å². The van der Waals surface area contributed by atoms with E-state index in [1.165, 1.54) is 6.07 Å². The molecule has 10 nitrogen and oxygen atoms in total. The third-order valence-corrected chi connectivity index (χ3v) is 11.8. The van der Waals surface area contributed by atoms with Crippen LogP contribution in [0.5, 0.6) is 51.7 Å². The fourth-order valence-electron chi connectivity index (χ4n) is 4.41. The second-order valence-electron chi connectivity index (χ2n) is 10.2. The van der Waals surface area contributed by atoms with Gasteiger partial charge in [0.05, 0.1) is 8.88 Å². The molecule has 0 bridgehead atoms. The third-order valence-electron chi connectivity index (χ3n) is 6.66. The zero-order chi connectivity index (χ0) is 33.3. The predicted octanol–water partition coefficient (Wildman–Crippen LogP) is 10.6. The molecule has 0 radical (unpaired) electrons. The number of para-hydroxylation sites is 5. The van der Waals surface area contributed by atoms with Crippen molar-refractivity contribution >= 4 is 25.8 Å². The SMILES string of the molecule is Oc1ccc(OP2NPN(Oc3ccccc3)P(Oc3ccccc3)N2Oc2ccccc2)c(Oc2ccccc2)c1Oc1ccccc1. The zero-order valence-electron chi connectivity index (χ0n) is 25.8. The Morgan fingerprint density at radius 2 is 0.959 bits per heavy atom. The highest BCUT2D eigenvalue weighted by Gasteiger charge is 2.46. The van der Waals surface area contributed by atoms with Gasteiger partial charge in [0.25, 0.3) is 8.45 Å². The highest BCUT2D eigenvalue weighted by Crippen LogP contribution is 2.66. The van der Waals surface area contributed by atoms with Gasteiger partial charge >= 0.3 is 8.45 Å². The maximum absolute atomic E-state index is 11.0. The number of phenols is 1. The summed E-state index contributed by atoms with van der Waals surface area (Å²) in [6, 6.07) is 49.8. The second-order valence-corrected chi connectivity index (χ2v) is 14.9. The molecule has 2 N–H and O–H groups in total. The lowest BCUT2D eigenvalue weighted by Crippen LogP contribution is -2.37. The molecule has 246 valence electrons. The zero-order valence-corrected chi connectivity index (χ0v) is 28.6. The van der Waals surface area contributed by atoms with Gasteiger partial charge in [-0.2, -0.15) is 0 Å². The van der Waals surface area contributed by atoms with Crippen LogP contribution in [-0.4, -0.2) is 14.3 Å². The molecule has 1 fully saturated rings. The molecule has 1 aliphatic heterocycles. The number of hydrogen-bond donors (Lipinski definition) is 2. The topological polar surface area (TPSA) is 94.1 Å². The Morgan fingerprint density at radius 1 is 0.490 bits per heavy atom. The molecule has 6 aromatic rings. The molecular weight excluding hydrogens is 679 g/mol. The molecule has 0 spiro atoms. The summed E-state index contributed by atoms with van der Waals surface area (Å²) >= 11 is 0. The van der Waals surface area contributed by atoms with Crippen molar-refractivity contribution < 1.29 is 33.3 Å². The van der Waals surface area contributed by atoms with Gasteiger partial charge in [-0.15, -0.1) is 0 Å². The van der Waals surface area contributed by atoms with Gasteiger partial charge in [-0.05, 0) is 77.4 Å². The summed E-state index contributed by atoms with van der Waals surface area (Å²) in [5.41, 5.74) is 0. The summed E-state index contributed by atoms with van der Waals surface area (Å²) in [6.07, 6.45) is 0. The molecule has 13 heteroatoms. The van der Waals surface area contributed by atoms with Gasteiger partial charge in [0.15, 0.2) is 11.5 Å². The first-order valence-electron chi connectivity index (χ1n) is 15.1. The molecule has 0 aliphatic carbocycles. The highest BCUT2D eigenvalue weighted by atomic mass is 31.3. The van der Waals surface area contributed by atoms with Crippen LogP contribution in [0.3, 0.4) is 0 Å². The number of rotatable bonds is 12. The molecule has 3 unspecified atom stereocenters. The minimum atomic E-state index is -1.81. The molecule has 0 amide bonds. The van der Waals surface area contributed by atoms with Crippen LogP contribution in [0.25, 0.3) is 0 Å². The van der Waals surface area contributed by atoms with Gasteiger partial charge in [-0.25, -0.2) is 4.86 Å². The summed E-state index contributed by atoms with van der Waals surface area (Å²) in [7, 11) is -3.72. The van der Waals surface area contributed by atoms with Gasteiger partial charge < -0.3 is 33.3 Å². The number of phenolic OH excluding ortho intramolecular Hbond substituents is 1. The Labute approximate surface area is 288 Å². The Morgan fingerprint density at radius 3 is 1.51 bits per heavy atom. The molecule has 1 aliphatic rings. The molecule has 3 atom stereocenters. The van der Waals surface area contributed by atoms with Crippen molar-refractivity contribution in [2.75, 3.05) is 0 Å². The number of aromatic hydroxyl groups is 1. The van der Waals surface area contributed by atoms with Crippen LogP contribution in [0.2, 0.25) is 0 Å². The Balaban J connectivity index is 1.28. The molecule has 0 aromatic heterocycles. The minimum Gasteiger partial charge on any atom is -0.504 e. The first kappa shape index (κ1) is 32.6. The van der Waals surface area contributed by atoms with E-state index in [4.69, 9.17) is 28.2 Å². The standard InChI is InChI=1S/C36H30N3O7P3/c40-33-26-27-34(36(42-29-18-8-2-9-19-29)35(33)41-28-16-6-1-7-17-28)46-48-37-47-38(43-30-20-10-3-11-21-30)49(45-32-24-14-5-15-25-32)39(48)44-31-22-12-4-13-23-31/h1-27,37,40,47H. The molecule has 6 aromatic carbocycles. The smallest absolute Gasteiger partial charge is 0.332 e. The summed E-state index contributed by atoms with van der Waals surface area (Å²) in [4.78, 5) is 16.3. The van der Waals surface area contributed by atoms with Crippen molar-refractivity contribution in [3.63, 3.8) is 0 Å². The number of ether oxygens (including phenoxy) is 2. The van der Waals surface area contributed by atoms with E-state index < -0.39 is 16.9 Å². The van der Waals surface area contributed by atoms with Crippen LogP contribution in [0.1, 0.15) is 0 Å². The minimum absolute atomic E-state index is 0.0920. The number of nitrogens with one attached hydrogen (secondary N) is 1. The maximum atomic E-state index is 11.0. The first-order valence-corrected chi connectivity index (χ1v) is 18.4. The fourth-order valence-corrected chi connectivity index (χ4v) is 9.99. The summed E-state index contributed by atoms with van der Waals surface area (Å²) in [6.45, 7) is 0. The molecule has 1 saturated heterocycles. The van der Waals surface area contributed by atoms with Gasteiger partial charge in [0.2, 0.25) is 11.5 Å². The quantitative estimate of drug-likeness (QED) is 0.120. The van der Waals surface area contributed by atoms with Crippen LogP contribution in [0, 0.1) is 0 Å².